The van der Waals surface area contributed by atoms with Crippen LogP contribution in [0.4, 0.5) is 0 Å². The second-order valence-corrected chi connectivity index (χ2v) is 10.2. The van der Waals surface area contributed by atoms with Crippen LogP contribution >= 0.6 is 34.2 Å². The molecule has 1 N–H and O–H groups in total. The van der Waals surface area contributed by atoms with Gasteiger partial charge in [0.2, 0.25) is 0 Å². The number of pyridine rings is 1. The van der Waals surface area contributed by atoms with E-state index < -0.39 is 0 Å². The van der Waals surface area contributed by atoms with Gasteiger partial charge >= 0.3 is 0 Å². The van der Waals surface area contributed by atoms with Crippen molar-refractivity contribution in [2.45, 2.75) is 6.61 Å². The summed E-state index contributed by atoms with van der Waals surface area (Å²) >= 11 is 8.50. The highest BCUT2D eigenvalue weighted by molar-refractivity contribution is 14.1. The Hall–Kier alpha value is -3.95. The van der Waals surface area contributed by atoms with Crippen LogP contribution < -0.4 is 14.9 Å². The highest BCUT2D eigenvalue weighted by atomic mass is 127. The molecule has 0 aliphatic carbocycles. The second kappa shape index (κ2) is 12.3. The summed E-state index contributed by atoms with van der Waals surface area (Å²) in [5.74, 6) is 0.698. The zero-order valence-electron chi connectivity index (χ0n) is 20.9. The maximum absolute atomic E-state index is 13.3. The summed E-state index contributed by atoms with van der Waals surface area (Å²) in [7, 11) is 1.58. The third-order valence-corrected chi connectivity index (χ3v) is 6.99. The van der Waals surface area contributed by atoms with Gasteiger partial charge in [-0.15, -0.1) is 0 Å². The molecule has 1 amide bonds. The molecule has 0 saturated carbocycles. The Labute approximate surface area is 244 Å². The summed E-state index contributed by atoms with van der Waals surface area (Å²) < 4.78 is 12.6. The van der Waals surface area contributed by atoms with Crippen molar-refractivity contribution in [1.82, 2.24) is 10.4 Å². The van der Waals surface area contributed by atoms with Crippen LogP contribution in [0.5, 0.6) is 11.5 Å². The Balaban J connectivity index is 1.43. The molecule has 0 saturated heterocycles. The molecular weight excluding hydrogens is 625 g/mol. The molecule has 0 bridgehead atoms. The normalized spacial score (nSPS) is 11.1. The summed E-state index contributed by atoms with van der Waals surface area (Å²) in [6.07, 6.45) is 1.55. The zero-order chi connectivity index (χ0) is 27.2. The van der Waals surface area contributed by atoms with Crippen molar-refractivity contribution < 1.29 is 14.3 Å². The number of halogens is 2. The fraction of sp³-hybridized carbons (Fsp3) is 0.0645. The van der Waals surface area contributed by atoms with E-state index in [1.54, 1.807) is 19.4 Å². The number of ether oxygens (including phenoxy) is 2. The number of carbonyl (C=O) groups is 1. The molecule has 0 aliphatic heterocycles. The Morgan fingerprint density at radius 3 is 2.54 bits per heavy atom. The molecule has 0 fully saturated rings. The predicted octanol–water partition coefficient (Wildman–Crippen LogP) is 7.51. The van der Waals surface area contributed by atoms with Crippen LogP contribution in [-0.4, -0.2) is 24.2 Å². The number of nitrogens with one attached hydrogen (secondary N) is 1. The minimum absolute atomic E-state index is 0.245. The van der Waals surface area contributed by atoms with Gasteiger partial charge in [-0.05, 0) is 52.9 Å². The van der Waals surface area contributed by atoms with E-state index in [-0.39, 0.29) is 12.5 Å². The largest absolute Gasteiger partial charge is 0.493 e. The minimum atomic E-state index is -0.349. The van der Waals surface area contributed by atoms with Crippen LogP contribution in [0, 0.1) is 3.57 Å². The maximum atomic E-state index is 13.3. The molecule has 0 unspecified atom stereocenters. The number of nitrogens with zero attached hydrogens (tertiary/aromatic N) is 2. The Bertz CT molecular complexity index is 1680. The fourth-order valence-electron chi connectivity index (χ4n) is 4.10. The number of hydrogen-bond donors (Lipinski definition) is 1. The van der Waals surface area contributed by atoms with Crippen LogP contribution in [0.15, 0.2) is 102 Å². The third-order valence-electron chi connectivity index (χ3n) is 6.00. The first kappa shape index (κ1) is 26.6. The van der Waals surface area contributed by atoms with E-state index in [9.17, 15) is 4.79 Å². The number of methoxy groups -OCH3 is 1. The summed E-state index contributed by atoms with van der Waals surface area (Å²) in [6, 6.07) is 30.3. The van der Waals surface area contributed by atoms with Crippen LogP contribution in [0.3, 0.4) is 0 Å². The average Bonchev–Trinajstić information content (AvgIpc) is 2.97. The van der Waals surface area contributed by atoms with E-state index in [2.05, 4.69) is 33.1 Å². The van der Waals surface area contributed by atoms with Crippen molar-refractivity contribution in [2.75, 3.05) is 7.11 Å². The quantitative estimate of drug-likeness (QED) is 0.108. The molecule has 0 radical (unpaired) electrons. The summed E-state index contributed by atoms with van der Waals surface area (Å²) in [4.78, 5) is 18.1. The van der Waals surface area contributed by atoms with Crippen LogP contribution in [0.1, 0.15) is 21.5 Å². The monoisotopic (exact) mass is 647 g/mol. The standard InChI is InChI=1S/C31H23ClIN3O3/c1-38-29-16-23(33)15-22(30(29)39-19-21-11-5-7-13-26(21)32)18-34-36-31(37)25-17-28(20-9-3-2-4-10-20)35-27-14-8-6-12-24(25)27/h2-18H,19H2,1H3,(H,36,37)/b34-18-. The molecule has 0 atom stereocenters. The van der Waals surface area contributed by atoms with E-state index in [1.165, 1.54) is 0 Å². The number of fused-ring (bicyclic) bond motifs is 1. The molecule has 6 nitrogen and oxygen atoms in total. The first-order chi connectivity index (χ1) is 19.0. The SMILES string of the molecule is COc1cc(I)cc(/C=N\NC(=O)c2cc(-c3ccccc3)nc3ccccc23)c1OCc1ccccc1Cl. The first-order valence-corrected chi connectivity index (χ1v) is 13.5. The maximum Gasteiger partial charge on any atom is 0.272 e. The van der Waals surface area contributed by atoms with Crippen molar-refractivity contribution in [2.24, 2.45) is 5.10 Å². The summed E-state index contributed by atoms with van der Waals surface area (Å²) in [5, 5.41) is 5.62. The molecule has 0 aliphatic rings. The van der Waals surface area contributed by atoms with E-state index in [0.29, 0.717) is 33.3 Å². The van der Waals surface area contributed by atoms with Gasteiger partial charge in [-0.3, -0.25) is 4.79 Å². The van der Waals surface area contributed by atoms with Gasteiger partial charge in [-0.25, -0.2) is 10.4 Å². The highest BCUT2D eigenvalue weighted by Crippen LogP contribution is 2.34. The molecule has 1 aromatic heterocycles. The molecule has 194 valence electrons. The van der Waals surface area contributed by atoms with Gasteiger partial charge in [0.1, 0.15) is 6.61 Å². The number of carbonyl (C=O) groups excluding carboxylic acids is 1. The highest BCUT2D eigenvalue weighted by Gasteiger charge is 2.15. The molecule has 8 heteroatoms. The minimum Gasteiger partial charge on any atom is -0.493 e. The third kappa shape index (κ3) is 6.21. The molecule has 0 spiro atoms. The van der Waals surface area contributed by atoms with Crippen molar-refractivity contribution in [3.8, 4) is 22.8 Å². The van der Waals surface area contributed by atoms with Crippen molar-refractivity contribution in [3.63, 3.8) is 0 Å². The molecular formula is C31H23ClIN3O3. The predicted molar refractivity (Wildman–Crippen MR) is 164 cm³/mol. The van der Waals surface area contributed by atoms with Crippen molar-refractivity contribution in [3.05, 3.63) is 122 Å². The average molecular weight is 648 g/mol. The topological polar surface area (TPSA) is 72.8 Å². The van der Waals surface area contributed by atoms with Crippen LogP contribution in [0.2, 0.25) is 5.02 Å². The number of aromatic nitrogens is 1. The number of rotatable bonds is 8. The zero-order valence-corrected chi connectivity index (χ0v) is 23.8. The summed E-state index contributed by atoms with van der Waals surface area (Å²) in [6.45, 7) is 0.245. The molecule has 1 heterocycles. The lowest BCUT2D eigenvalue weighted by molar-refractivity contribution is 0.0956. The fourth-order valence-corrected chi connectivity index (χ4v) is 4.91. The summed E-state index contributed by atoms with van der Waals surface area (Å²) in [5.41, 5.74) is 7.00. The smallest absolute Gasteiger partial charge is 0.272 e. The molecule has 39 heavy (non-hydrogen) atoms. The van der Waals surface area contributed by atoms with Crippen LogP contribution in [-0.2, 0) is 6.61 Å². The number of para-hydroxylation sites is 1. The van der Waals surface area contributed by atoms with Gasteiger partial charge < -0.3 is 9.47 Å². The van der Waals surface area contributed by atoms with Gasteiger partial charge in [-0.1, -0.05) is 78.3 Å². The lowest BCUT2D eigenvalue weighted by Gasteiger charge is -2.14. The Morgan fingerprint density at radius 1 is 1.00 bits per heavy atom. The number of amides is 1. The molecule has 4 aromatic carbocycles. The van der Waals surface area contributed by atoms with Gasteiger partial charge in [0.25, 0.3) is 5.91 Å². The van der Waals surface area contributed by atoms with E-state index in [0.717, 1.165) is 25.6 Å². The van der Waals surface area contributed by atoms with Gasteiger partial charge in [0.15, 0.2) is 11.5 Å². The number of benzene rings is 4. The Morgan fingerprint density at radius 2 is 1.74 bits per heavy atom. The lowest BCUT2D eigenvalue weighted by atomic mass is 10.0. The van der Waals surface area contributed by atoms with E-state index >= 15 is 0 Å². The molecule has 5 rings (SSSR count). The molecule has 5 aromatic rings. The van der Waals surface area contributed by atoms with Crippen molar-refractivity contribution >= 4 is 57.2 Å². The number of hydrazone groups is 1. The van der Waals surface area contributed by atoms with E-state index in [4.69, 9.17) is 26.1 Å². The Kier molecular flexibility index (Phi) is 8.39. The first-order valence-electron chi connectivity index (χ1n) is 12.1. The van der Waals surface area contributed by atoms with E-state index in [1.807, 2.05) is 91.0 Å². The number of hydrogen-bond acceptors (Lipinski definition) is 5. The van der Waals surface area contributed by atoms with Crippen LogP contribution in [0.25, 0.3) is 22.2 Å². The van der Waals surface area contributed by atoms with Gasteiger partial charge in [0.05, 0.1) is 30.1 Å². The lowest BCUT2D eigenvalue weighted by Crippen LogP contribution is -2.18. The van der Waals surface area contributed by atoms with Gasteiger partial charge in [0, 0.05) is 30.7 Å². The second-order valence-electron chi connectivity index (χ2n) is 8.54. The van der Waals surface area contributed by atoms with Gasteiger partial charge in [-0.2, -0.15) is 5.10 Å². The van der Waals surface area contributed by atoms with Crippen molar-refractivity contribution in [1.29, 1.82) is 0 Å².